The number of rotatable bonds is 5. The fourth-order valence-electron chi connectivity index (χ4n) is 2.24. The minimum Gasteiger partial charge on any atom is -0.312 e. The van der Waals surface area contributed by atoms with E-state index in [-0.39, 0.29) is 5.54 Å². The molecular weight excluding hydrogens is 218 g/mol. The van der Waals surface area contributed by atoms with E-state index in [1.807, 2.05) is 0 Å². The average Bonchev–Trinajstić information content (AvgIpc) is 2.13. The normalized spacial score (nSPS) is 12.8. The first kappa shape index (κ1) is 15.2. The van der Waals surface area contributed by atoms with E-state index in [0.717, 1.165) is 13.0 Å². The van der Waals surface area contributed by atoms with Gasteiger partial charge in [-0.05, 0) is 58.1 Å². The van der Waals surface area contributed by atoms with E-state index < -0.39 is 0 Å². The number of nitrogens with one attached hydrogen (secondary N) is 1. The van der Waals surface area contributed by atoms with Gasteiger partial charge in [-0.2, -0.15) is 0 Å². The van der Waals surface area contributed by atoms with Crippen molar-refractivity contribution >= 4 is 0 Å². The zero-order chi connectivity index (χ0) is 13.8. The van der Waals surface area contributed by atoms with Crippen molar-refractivity contribution in [1.82, 2.24) is 5.32 Å². The van der Waals surface area contributed by atoms with Gasteiger partial charge >= 0.3 is 0 Å². The van der Waals surface area contributed by atoms with Crippen LogP contribution >= 0.6 is 0 Å². The number of aryl methyl sites for hydroxylation is 1. The highest BCUT2D eigenvalue weighted by Gasteiger charge is 2.19. The smallest absolute Gasteiger partial charge is 0.00965 e. The predicted octanol–water partition coefficient (Wildman–Crippen LogP) is 4.34. The van der Waals surface area contributed by atoms with E-state index in [4.69, 9.17) is 0 Å². The van der Waals surface area contributed by atoms with E-state index in [0.29, 0.717) is 5.41 Å². The first-order chi connectivity index (χ1) is 8.18. The van der Waals surface area contributed by atoms with Crippen molar-refractivity contribution in [3.05, 3.63) is 35.4 Å². The van der Waals surface area contributed by atoms with Crippen LogP contribution in [0.15, 0.2) is 24.3 Å². The van der Waals surface area contributed by atoms with Crippen LogP contribution < -0.4 is 5.32 Å². The summed E-state index contributed by atoms with van der Waals surface area (Å²) in [6.45, 7) is 14.6. The van der Waals surface area contributed by atoms with Gasteiger partial charge in [0.1, 0.15) is 0 Å². The second kappa shape index (κ2) is 5.88. The van der Waals surface area contributed by atoms with Gasteiger partial charge in [0.15, 0.2) is 0 Å². The van der Waals surface area contributed by atoms with Crippen LogP contribution in [0.5, 0.6) is 0 Å². The summed E-state index contributed by atoms with van der Waals surface area (Å²) in [7, 11) is 0. The molecule has 0 atom stereocenters. The molecule has 0 aliphatic carbocycles. The molecule has 1 aromatic rings. The molecule has 0 bridgehead atoms. The topological polar surface area (TPSA) is 12.0 Å². The summed E-state index contributed by atoms with van der Waals surface area (Å²) in [4.78, 5) is 0. The molecule has 1 heteroatoms. The highest BCUT2D eigenvalue weighted by atomic mass is 14.9. The van der Waals surface area contributed by atoms with Crippen molar-refractivity contribution < 1.29 is 0 Å². The van der Waals surface area contributed by atoms with Gasteiger partial charge in [0.2, 0.25) is 0 Å². The van der Waals surface area contributed by atoms with Gasteiger partial charge in [-0.3, -0.25) is 0 Å². The third-order valence-corrected chi connectivity index (χ3v) is 3.22. The lowest BCUT2D eigenvalue weighted by Gasteiger charge is -2.28. The van der Waals surface area contributed by atoms with E-state index in [1.165, 1.54) is 17.5 Å². The van der Waals surface area contributed by atoms with Gasteiger partial charge < -0.3 is 5.32 Å². The molecule has 102 valence electrons. The van der Waals surface area contributed by atoms with Crippen LogP contribution in [-0.2, 0) is 6.42 Å². The number of hydrogen-bond donors (Lipinski definition) is 1. The average molecular weight is 247 g/mol. The van der Waals surface area contributed by atoms with Crippen LogP contribution in [-0.4, -0.2) is 12.1 Å². The molecule has 1 N–H and O–H groups in total. The Balaban J connectivity index is 2.49. The minimum atomic E-state index is 0.222. The van der Waals surface area contributed by atoms with Gasteiger partial charge in [-0.1, -0.05) is 43.7 Å². The summed E-state index contributed by atoms with van der Waals surface area (Å²) in [6, 6.07) is 8.87. The first-order valence-corrected chi connectivity index (χ1v) is 6.99. The van der Waals surface area contributed by atoms with E-state index in [2.05, 4.69) is 71.1 Å². The Morgan fingerprint density at radius 2 is 1.72 bits per heavy atom. The van der Waals surface area contributed by atoms with E-state index in [9.17, 15) is 0 Å². The standard InChI is InChI=1S/C17H29N/c1-14-8-7-9-15(12-14)13-17(5,6)10-11-18-16(2,3)4/h7-9,12,18H,10-11,13H2,1-6H3. The molecule has 0 unspecified atom stereocenters. The van der Waals surface area contributed by atoms with Crippen molar-refractivity contribution in [3.63, 3.8) is 0 Å². The van der Waals surface area contributed by atoms with Crippen LogP contribution in [0.3, 0.4) is 0 Å². The lowest BCUT2D eigenvalue weighted by Crippen LogP contribution is -2.38. The maximum absolute atomic E-state index is 3.58. The third kappa shape index (κ3) is 6.20. The summed E-state index contributed by atoms with van der Waals surface area (Å²) >= 11 is 0. The van der Waals surface area contributed by atoms with Crippen molar-refractivity contribution in [1.29, 1.82) is 0 Å². The molecule has 1 aromatic carbocycles. The number of hydrogen-bond acceptors (Lipinski definition) is 1. The summed E-state index contributed by atoms with van der Waals surface area (Å²) < 4.78 is 0. The van der Waals surface area contributed by atoms with Crippen molar-refractivity contribution in [2.45, 2.75) is 59.9 Å². The molecule has 0 saturated heterocycles. The molecule has 0 heterocycles. The van der Waals surface area contributed by atoms with Crippen LogP contribution in [0, 0.1) is 12.3 Å². The second-order valence-corrected chi connectivity index (χ2v) is 7.26. The van der Waals surface area contributed by atoms with Crippen molar-refractivity contribution in [2.75, 3.05) is 6.54 Å². The molecule has 1 rings (SSSR count). The third-order valence-electron chi connectivity index (χ3n) is 3.22. The number of benzene rings is 1. The molecule has 0 radical (unpaired) electrons. The predicted molar refractivity (Wildman–Crippen MR) is 81.0 cm³/mol. The molecule has 0 aliphatic rings. The maximum Gasteiger partial charge on any atom is 0.00965 e. The minimum absolute atomic E-state index is 0.222. The van der Waals surface area contributed by atoms with Crippen LogP contribution in [0.25, 0.3) is 0 Å². The molecule has 0 spiro atoms. The fraction of sp³-hybridized carbons (Fsp3) is 0.647. The lowest BCUT2D eigenvalue weighted by molar-refractivity contribution is 0.302. The Kier molecular flexibility index (Phi) is 4.98. The van der Waals surface area contributed by atoms with Gasteiger partial charge in [0, 0.05) is 5.54 Å². The quantitative estimate of drug-likeness (QED) is 0.816. The molecule has 0 saturated carbocycles. The highest BCUT2D eigenvalue weighted by molar-refractivity contribution is 5.23. The monoisotopic (exact) mass is 247 g/mol. The molecule has 0 amide bonds. The molecule has 1 nitrogen and oxygen atoms in total. The van der Waals surface area contributed by atoms with Crippen molar-refractivity contribution in [3.8, 4) is 0 Å². The summed E-state index contributed by atoms with van der Waals surface area (Å²) in [5.74, 6) is 0. The highest BCUT2D eigenvalue weighted by Crippen LogP contribution is 2.26. The fourth-order valence-corrected chi connectivity index (χ4v) is 2.24. The van der Waals surface area contributed by atoms with E-state index >= 15 is 0 Å². The van der Waals surface area contributed by atoms with Crippen molar-refractivity contribution in [2.24, 2.45) is 5.41 Å². The van der Waals surface area contributed by atoms with Gasteiger partial charge in [0.05, 0.1) is 0 Å². The first-order valence-electron chi connectivity index (χ1n) is 6.99. The zero-order valence-electron chi connectivity index (χ0n) is 12.9. The SMILES string of the molecule is Cc1cccc(CC(C)(C)CCNC(C)(C)C)c1. The molecule has 18 heavy (non-hydrogen) atoms. The molecule has 0 aliphatic heterocycles. The Labute approximate surface area is 113 Å². The van der Waals surface area contributed by atoms with Crippen LogP contribution in [0.4, 0.5) is 0 Å². The Morgan fingerprint density at radius 3 is 2.28 bits per heavy atom. The van der Waals surface area contributed by atoms with E-state index in [1.54, 1.807) is 0 Å². The molecular formula is C17H29N. The van der Waals surface area contributed by atoms with Gasteiger partial charge in [-0.25, -0.2) is 0 Å². The van der Waals surface area contributed by atoms with Gasteiger partial charge in [0.25, 0.3) is 0 Å². The second-order valence-electron chi connectivity index (χ2n) is 7.26. The summed E-state index contributed by atoms with van der Waals surface area (Å²) in [5.41, 5.74) is 3.39. The lowest BCUT2D eigenvalue weighted by atomic mass is 9.82. The molecule has 0 fully saturated rings. The Hall–Kier alpha value is -0.820. The van der Waals surface area contributed by atoms with Crippen LogP contribution in [0.2, 0.25) is 0 Å². The maximum atomic E-state index is 3.58. The summed E-state index contributed by atoms with van der Waals surface area (Å²) in [5, 5.41) is 3.58. The van der Waals surface area contributed by atoms with Gasteiger partial charge in [-0.15, -0.1) is 0 Å². The summed E-state index contributed by atoms with van der Waals surface area (Å²) in [6.07, 6.45) is 2.36. The Bertz CT molecular complexity index is 371. The molecule has 0 aromatic heterocycles. The zero-order valence-corrected chi connectivity index (χ0v) is 12.9. The van der Waals surface area contributed by atoms with Crippen LogP contribution in [0.1, 0.15) is 52.2 Å². The Morgan fingerprint density at radius 1 is 1.06 bits per heavy atom. The largest absolute Gasteiger partial charge is 0.312 e.